The Bertz CT molecular complexity index is 1620. The third kappa shape index (κ3) is 63.3. The van der Waals surface area contributed by atoms with Crippen LogP contribution in [0.2, 0.25) is 0 Å². The number of aliphatic hydroxyl groups excluding tert-OH is 5. The Labute approximate surface area is 597 Å². The molecule has 0 bridgehead atoms. The maximum atomic E-state index is 13.2. The lowest BCUT2D eigenvalue weighted by Crippen LogP contribution is -2.60. The molecule has 7 unspecified atom stereocenters. The van der Waals surface area contributed by atoms with Gasteiger partial charge in [-0.1, -0.05) is 436 Å². The smallest absolute Gasteiger partial charge is 0.220 e. The molecule has 1 aliphatic rings. The number of aliphatic hydroxyl groups is 5. The lowest BCUT2D eigenvalue weighted by Gasteiger charge is -2.40. The molecule has 0 spiro atoms. The van der Waals surface area contributed by atoms with E-state index in [1.54, 1.807) is 0 Å². The molecule has 1 rings (SSSR count). The molecule has 0 aromatic rings. The highest BCUT2D eigenvalue weighted by Gasteiger charge is 2.44. The van der Waals surface area contributed by atoms with Crippen LogP contribution in [0.4, 0.5) is 0 Å². The van der Waals surface area contributed by atoms with E-state index in [4.69, 9.17) is 9.47 Å². The molecule has 9 nitrogen and oxygen atoms in total. The van der Waals surface area contributed by atoms with E-state index in [2.05, 4.69) is 55.6 Å². The first-order valence-corrected chi connectivity index (χ1v) is 43.2. The monoisotopic (exact) mass is 1350 g/mol. The fourth-order valence-electron chi connectivity index (χ4n) is 14.3. The summed E-state index contributed by atoms with van der Waals surface area (Å²) in [5.41, 5.74) is 0. The molecule has 7 atom stereocenters. The van der Waals surface area contributed by atoms with Gasteiger partial charge >= 0.3 is 0 Å². The van der Waals surface area contributed by atoms with Crippen LogP contribution in [0.3, 0.4) is 0 Å². The van der Waals surface area contributed by atoms with Crippen LogP contribution in [0.15, 0.2) is 36.5 Å². The van der Waals surface area contributed by atoms with E-state index in [-0.39, 0.29) is 12.5 Å². The predicted molar refractivity (Wildman–Crippen MR) is 415 cm³/mol. The summed E-state index contributed by atoms with van der Waals surface area (Å²) in [6.45, 7) is 3.90. The van der Waals surface area contributed by atoms with Gasteiger partial charge in [-0.2, -0.15) is 0 Å². The zero-order chi connectivity index (χ0) is 69.2. The van der Waals surface area contributed by atoms with Gasteiger partial charge in [0, 0.05) is 6.42 Å². The Morgan fingerprint density at radius 3 is 0.906 bits per heavy atom. The molecule has 0 aromatic carbocycles. The summed E-state index contributed by atoms with van der Waals surface area (Å²) in [4.78, 5) is 13.2. The second-order valence-corrected chi connectivity index (χ2v) is 30.3. The van der Waals surface area contributed by atoms with Crippen LogP contribution in [0.1, 0.15) is 457 Å². The predicted octanol–water partition coefficient (Wildman–Crippen LogP) is 25.3. The maximum absolute atomic E-state index is 13.2. The molecule has 0 saturated carbocycles. The van der Waals surface area contributed by atoms with Crippen molar-refractivity contribution in [2.24, 2.45) is 0 Å². The number of carbonyl (C=O) groups excluding carboxylic acids is 1. The van der Waals surface area contributed by atoms with Gasteiger partial charge in [-0.15, -0.1) is 0 Å². The summed E-state index contributed by atoms with van der Waals surface area (Å²) >= 11 is 0. The largest absolute Gasteiger partial charge is 0.394 e. The average Bonchev–Trinajstić information content (AvgIpc) is 0.840. The first kappa shape index (κ1) is 92.4. The highest BCUT2D eigenvalue weighted by atomic mass is 16.7. The van der Waals surface area contributed by atoms with Crippen LogP contribution in [0, 0.1) is 0 Å². The molecule has 9 heteroatoms. The third-order valence-corrected chi connectivity index (χ3v) is 21.0. The molecule has 96 heavy (non-hydrogen) atoms. The topological polar surface area (TPSA) is 149 Å². The van der Waals surface area contributed by atoms with Crippen molar-refractivity contribution in [1.82, 2.24) is 5.32 Å². The van der Waals surface area contributed by atoms with Gasteiger partial charge in [0.2, 0.25) is 5.91 Å². The minimum Gasteiger partial charge on any atom is -0.394 e. The van der Waals surface area contributed by atoms with Gasteiger partial charge in [0.15, 0.2) is 6.29 Å². The Morgan fingerprint density at radius 1 is 0.354 bits per heavy atom. The van der Waals surface area contributed by atoms with Gasteiger partial charge in [0.1, 0.15) is 24.4 Å². The van der Waals surface area contributed by atoms with Crippen molar-refractivity contribution >= 4 is 5.91 Å². The van der Waals surface area contributed by atoms with Crippen molar-refractivity contribution in [3.05, 3.63) is 36.5 Å². The fraction of sp³-hybridized carbons (Fsp3) is 0.920. The number of allylic oxidation sites excluding steroid dienone is 6. The Balaban J connectivity index is 2.01. The van der Waals surface area contributed by atoms with Gasteiger partial charge in [0.05, 0.1) is 25.4 Å². The molecule has 6 N–H and O–H groups in total. The normalized spacial score (nSPS) is 17.5. The van der Waals surface area contributed by atoms with Crippen molar-refractivity contribution in [2.45, 2.75) is 500 Å². The summed E-state index contributed by atoms with van der Waals surface area (Å²) in [6.07, 6.45) is 97.2. The molecule has 0 aromatic heterocycles. The molecule has 1 fully saturated rings. The summed E-state index contributed by atoms with van der Waals surface area (Å²) in [5, 5.41) is 55.2. The van der Waals surface area contributed by atoms with Gasteiger partial charge in [-0.25, -0.2) is 0 Å². The molecule has 1 saturated heterocycles. The second-order valence-electron chi connectivity index (χ2n) is 30.3. The highest BCUT2D eigenvalue weighted by molar-refractivity contribution is 5.76. The number of hydrogen-bond acceptors (Lipinski definition) is 8. The van der Waals surface area contributed by atoms with Crippen molar-refractivity contribution < 1.29 is 39.8 Å². The standard InChI is InChI=1S/C87H167NO8/c1-3-5-7-9-11-13-15-17-19-21-23-25-27-29-31-33-35-37-38-39-40-41-42-43-44-45-47-49-51-53-55-57-59-61-63-65-67-69-71-73-75-77-83(91)88-80(79-95-87-86(94)85(93)84(92)82(78-89)96-87)81(90)76-74-72-70-68-66-64-62-60-58-56-54-52-50-48-46-36-34-32-30-28-26-24-22-20-18-16-14-12-10-8-6-4-2/h15,17,21,23,27,29,80-82,84-87,89-90,92-94H,3-14,16,18-20,22,24-26,28,30-79H2,1-2H3,(H,88,91)/b17-15-,23-21-,29-27-. The third-order valence-electron chi connectivity index (χ3n) is 21.0. The molecular weight excluding hydrogens is 1190 g/mol. The number of ether oxygens (including phenoxy) is 2. The van der Waals surface area contributed by atoms with Crippen LogP contribution < -0.4 is 5.32 Å². The van der Waals surface area contributed by atoms with Crippen molar-refractivity contribution in [3.63, 3.8) is 0 Å². The van der Waals surface area contributed by atoms with Crippen LogP contribution in [0.25, 0.3) is 0 Å². The Kier molecular flexibility index (Phi) is 73.2. The van der Waals surface area contributed by atoms with Crippen molar-refractivity contribution in [2.75, 3.05) is 13.2 Å². The van der Waals surface area contributed by atoms with E-state index in [0.717, 1.165) is 51.4 Å². The highest BCUT2D eigenvalue weighted by Crippen LogP contribution is 2.25. The lowest BCUT2D eigenvalue weighted by molar-refractivity contribution is -0.302. The second kappa shape index (κ2) is 76.1. The van der Waals surface area contributed by atoms with Crippen LogP contribution in [-0.4, -0.2) is 87.5 Å². The molecule has 1 heterocycles. The number of carbonyl (C=O) groups is 1. The summed E-state index contributed by atoms with van der Waals surface area (Å²) in [6, 6.07) is -0.719. The zero-order valence-electron chi connectivity index (χ0n) is 64.2. The first-order chi connectivity index (χ1) is 47.3. The van der Waals surface area contributed by atoms with E-state index < -0.39 is 49.5 Å². The summed E-state index contributed by atoms with van der Waals surface area (Å²) < 4.78 is 11.4. The number of hydrogen-bond donors (Lipinski definition) is 6. The SMILES string of the molecule is CCCCCCC/C=C\C/C=C\C/C=C\CCCCCCCCCCCCCCCCCCCCCCCCCCCCC(=O)NC(COC1OC(CO)C(O)C(O)C1O)C(O)CCCCCCCCCCCCCCCCCCCCCCCCCCCCCCCCCC. The average molecular weight is 1360 g/mol. The molecule has 568 valence electrons. The van der Waals surface area contributed by atoms with Crippen LogP contribution in [-0.2, 0) is 14.3 Å². The Hall–Kier alpha value is -1.59. The number of amides is 1. The van der Waals surface area contributed by atoms with Gasteiger partial charge in [-0.05, 0) is 51.4 Å². The molecule has 1 amide bonds. The fourth-order valence-corrected chi connectivity index (χ4v) is 14.3. The first-order valence-electron chi connectivity index (χ1n) is 43.2. The molecule has 0 radical (unpaired) electrons. The Morgan fingerprint density at radius 2 is 0.615 bits per heavy atom. The van der Waals surface area contributed by atoms with Gasteiger partial charge in [0.25, 0.3) is 0 Å². The van der Waals surface area contributed by atoms with Crippen molar-refractivity contribution in [3.8, 4) is 0 Å². The summed E-state index contributed by atoms with van der Waals surface area (Å²) in [5.74, 6) is -0.133. The van der Waals surface area contributed by atoms with Gasteiger partial charge in [-0.3, -0.25) is 4.79 Å². The maximum Gasteiger partial charge on any atom is 0.220 e. The van der Waals surface area contributed by atoms with Crippen LogP contribution in [0.5, 0.6) is 0 Å². The van der Waals surface area contributed by atoms with E-state index in [9.17, 15) is 30.3 Å². The molecule has 1 aliphatic heterocycles. The van der Waals surface area contributed by atoms with E-state index in [0.29, 0.717) is 12.8 Å². The van der Waals surface area contributed by atoms with E-state index >= 15 is 0 Å². The minimum atomic E-state index is -1.55. The zero-order valence-corrected chi connectivity index (χ0v) is 64.2. The number of rotatable bonds is 78. The van der Waals surface area contributed by atoms with Crippen molar-refractivity contribution in [1.29, 1.82) is 0 Å². The van der Waals surface area contributed by atoms with Gasteiger partial charge < -0.3 is 40.3 Å². The summed E-state index contributed by atoms with van der Waals surface area (Å²) in [7, 11) is 0. The van der Waals surface area contributed by atoms with E-state index in [1.807, 2.05) is 0 Å². The molecular formula is C87H167NO8. The molecule has 0 aliphatic carbocycles. The van der Waals surface area contributed by atoms with Crippen LogP contribution >= 0.6 is 0 Å². The number of unbranched alkanes of at least 4 members (excludes halogenated alkanes) is 62. The minimum absolute atomic E-state index is 0.132. The lowest BCUT2D eigenvalue weighted by atomic mass is 9.99. The quantitative estimate of drug-likeness (QED) is 0.0261. The number of nitrogens with one attached hydrogen (secondary N) is 1. The van der Waals surface area contributed by atoms with E-state index in [1.165, 1.54) is 379 Å².